The van der Waals surface area contributed by atoms with Crippen molar-refractivity contribution in [1.82, 2.24) is 25.3 Å². The number of carbonyl (C=O) groups excluding carboxylic acids is 1. The van der Waals surface area contributed by atoms with Gasteiger partial charge in [0.1, 0.15) is 0 Å². The van der Waals surface area contributed by atoms with Crippen LogP contribution in [0.25, 0.3) is 0 Å². The maximum Gasteiger partial charge on any atom is 0.317 e. The fourth-order valence-electron chi connectivity index (χ4n) is 2.19. The van der Waals surface area contributed by atoms with Gasteiger partial charge in [-0.25, -0.2) is 4.79 Å². The monoisotopic (exact) mass is 281 g/mol. The van der Waals surface area contributed by atoms with Crippen LogP contribution in [-0.4, -0.2) is 69.8 Å². The quantitative estimate of drug-likeness (QED) is 0.704. The second kappa shape index (κ2) is 6.90. The maximum atomic E-state index is 12.0. The van der Waals surface area contributed by atoms with Crippen molar-refractivity contribution in [3.8, 4) is 0 Å². The first kappa shape index (κ1) is 14.3. The number of nitrogens with one attached hydrogen (secondary N) is 2. The maximum absolute atomic E-state index is 12.0. The largest absolute Gasteiger partial charge is 0.480 e. The molecule has 0 atom stereocenters. The number of hydrogen-bond acceptors (Lipinski definition) is 4. The number of amides is 2. The molecular formula is C12H19N5O3. The Morgan fingerprint density at radius 2 is 2.20 bits per heavy atom. The number of carboxylic acid groups (broad SMARTS) is 1. The molecule has 1 aromatic rings. The first-order chi connectivity index (χ1) is 9.65. The van der Waals surface area contributed by atoms with Crippen LogP contribution in [0, 0.1) is 0 Å². The van der Waals surface area contributed by atoms with E-state index in [0.717, 1.165) is 12.0 Å². The number of carboxylic acids is 1. The number of aromatic nitrogens is 2. The number of hydrogen-bond donors (Lipinski definition) is 3. The molecule has 8 heteroatoms. The van der Waals surface area contributed by atoms with Gasteiger partial charge in [0.25, 0.3) is 0 Å². The van der Waals surface area contributed by atoms with E-state index in [4.69, 9.17) is 5.11 Å². The van der Waals surface area contributed by atoms with Crippen molar-refractivity contribution in [3.05, 3.63) is 18.0 Å². The zero-order chi connectivity index (χ0) is 14.4. The molecule has 3 N–H and O–H groups in total. The lowest BCUT2D eigenvalue weighted by atomic mass is 10.3. The molecule has 0 radical (unpaired) electrons. The van der Waals surface area contributed by atoms with Gasteiger partial charge in [-0.15, -0.1) is 0 Å². The molecule has 20 heavy (non-hydrogen) atoms. The molecule has 110 valence electrons. The van der Waals surface area contributed by atoms with Gasteiger partial charge in [-0.2, -0.15) is 5.10 Å². The summed E-state index contributed by atoms with van der Waals surface area (Å²) >= 11 is 0. The zero-order valence-corrected chi connectivity index (χ0v) is 11.2. The Morgan fingerprint density at radius 3 is 2.90 bits per heavy atom. The molecule has 2 amide bonds. The van der Waals surface area contributed by atoms with E-state index >= 15 is 0 Å². The summed E-state index contributed by atoms with van der Waals surface area (Å²) in [5.74, 6) is -0.831. The van der Waals surface area contributed by atoms with E-state index in [1.54, 1.807) is 17.3 Å². The average Bonchev–Trinajstić information content (AvgIpc) is 2.82. The van der Waals surface area contributed by atoms with E-state index in [1.165, 1.54) is 0 Å². The molecule has 0 bridgehead atoms. The van der Waals surface area contributed by atoms with Crippen molar-refractivity contribution in [2.45, 2.75) is 13.0 Å². The van der Waals surface area contributed by atoms with Crippen LogP contribution in [0.3, 0.4) is 0 Å². The van der Waals surface area contributed by atoms with Crippen LogP contribution in [-0.2, 0) is 11.3 Å². The van der Waals surface area contributed by atoms with Crippen molar-refractivity contribution in [2.24, 2.45) is 0 Å². The minimum absolute atomic E-state index is 0.0322. The summed E-state index contributed by atoms with van der Waals surface area (Å²) in [5, 5.41) is 18.1. The van der Waals surface area contributed by atoms with E-state index in [2.05, 4.69) is 15.5 Å². The van der Waals surface area contributed by atoms with E-state index in [1.807, 2.05) is 4.90 Å². The number of rotatable bonds is 4. The van der Waals surface area contributed by atoms with Gasteiger partial charge in [-0.05, 0) is 6.42 Å². The highest BCUT2D eigenvalue weighted by Crippen LogP contribution is 2.04. The van der Waals surface area contributed by atoms with Crippen LogP contribution in [0.4, 0.5) is 4.79 Å². The van der Waals surface area contributed by atoms with Crippen molar-refractivity contribution in [1.29, 1.82) is 0 Å². The molecule has 0 aliphatic carbocycles. The molecule has 8 nitrogen and oxygen atoms in total. The Hall–Kier alpha value is -2.09. The van der Waals surface area contributed by atoms with Gasteiger partial charge in [-0.1, -0.05) is 0 Å². The van der Waals surface area contributed by atoms with E-state index < -0.39 is 5.97 Å². The second-order valence-electron chi connectivity index (χ2n) is 4.78. The van der Waals surface area contributed by atoms with Crippen molar-refractivity contribution in [3.63, 3.8) is 0 Å². The predicted molar refractivity (Wildman–Crippen MR) is 71.1 cm³/mol. The lowest BCUT2D eigenvalue weighted by molar-refractivity contribution is -0.138. The molecule has 1 aliphatic rings. The number of carbonyl (C=O) groups is 2. The summed E-state index contributed by atoms with van der Waals surface area (Å²) in [4.78, 5) is 26.3. The fraction of sp³-hybridized carbons (Fsp3) is 0.583. The molecule has 2 heterocycles. The van der Waals surface area contributed by atoms with Crippen molar-refractivity contribution < 1.29 is 14.7 Å². The van der Waals surface area contributed by atoms with Crippen LogP contribution in [0.5, 0.6) is 0 Å². The van der Waals surface area contributed by atoms with Gasteiger partial charge < -0.3 is 15.3 Å². The Labute approximate surface area is 116 Å². The normalized spacial score (nSPS) is 16.7. The molecule has 0 saturated carbocycles. The topological polar surface area (TPSA) is 102 Å². The van der Waals surface area contributed by atoms with Gasteiger partial charge in [0, 0.05) is 44.5 Å². The number of urea groups is 1. The van der Waals surface area contributed by atoms with E-state index in [9.17, 15) is 9.59 Å². The van der Waals surface area contributed by atoms with Gasteiger partial charge in [0.15, 0.2) is 0 Å². The first-order valence-corrected chi connectivity index (χ1v) is 6.60. The lowest BCUT2D eigenvalue weighted by Gasteiger charge is -2.21. The SMILES string of the molecule is O=C(O)CN1CCCN(C(=O)NCc2cn[nH]c2)CC1. The Kier molecular flexibility index (Phi) is 4.94. The summed E-state index contributed by atoms with van der Waals surface area (Å²) in [5.41, 5.74) is 0.917. The van der Waals surface area contributed by atoms with Crippen LogP contribution in [0.1, 0.15) is 12.0 Å². The minimum atomic E-state index is -0.831. The lowest BCUT2D eigenvalue weighted by Crippen LogP contribution is -2.42. The number of nitrogens with zero attached hydrogens (tertiary/aromatic N) is 3. The minimum Gasteiger partial charge on any atom is -0.480 e. The molecule has 0 spiro atoms. The van der Waals surface area contributed by atoms with E-state index in [-0.39, 0.29) is 12.6 Å². The molecule has 1 aliphatic heterocycles. The van der Waals surface area contributed by atoms with Gasteiger partial charge in [0.2, 0.25) is 0 Å². The highest BCUT2D eigenvalue weighted by atomic mass is 16.4. The smallest absolute Gasteiger partial charge is 0.317 e. The molecule has 2 rings (SSSR count). The number of aromatic amines is 1. The summed E-state index contributed by atoms with van der Waals surface area (Å²) in [6, 6.07) is -0.122. The summed E-state index contributed by atoms with van der Waals surface area (Å²) in [7, 11) is 0. The van der Waals surface area contributed by atoms with E-state index in [0.29, 0.717) is 32.7 Å². The van der Waals surface area contributed by atoms with Crippen LogP contribution in [0.2, 0.25) is 0 Å². The van der Waals surface area contributed by atoms with Crippen LogP contribution >= 0.6 is 0 Å². The van der Waals surface area contributed by atoms with Crippen LogP contribution < -0.4 is 5.32 Å². The molecule has 0 aromatic carbocycles. The standard InChI is InChI=1S/C12H19N5O3/c18-11(19)9-16-2-1-3-17(5-4-16)12(20)13-6-10-7-14-15-8-10/h7-8H,1-6,9H2,(H,13,20)(H,14,15)(H,18,19). The summed E-state index contributed by atoms with van der Waals surface area (Å²) < 4.78 is 0. The molecular weight excluding hydrogens is 262 g/mol. The fourth-order valence-corrected chi connectivity index (χ4v) is 2.19. The zero-order valence-electron chi connectivity index (χ0n) is 11.2. The van der Waals surface area contributed by atoms with Crippen molar-refractivity contribution >= 4 is 12.0 Å². The average molecular weight is 281 g/mol. The number of H-pyrrole nitrogens is 1. The third-order valence-electron chi connectivity index (χ3n) is 3.23. The highest BCUT2D eigenvalue weighted by molar-refractivity contribution is 5.74. The van der Waals surface area contributed by atoms with Gasteiger partial charge in [0.05, 0.1) is 12.7 Å². The van der Waals surface area contributed by atoms with Gasteiger partial charge >= 0.3 is 12.0 Å². The molecule has 0 unspecified atom stereocenters. The highest BCUT2D eigenvalue weighted by Gasteiger charge is 2.19. The van der Waals surface area contributed by atoms with Crippen LogP contribution in [0.15, 0.2) is 12.4 Å². The first-order valence-electron chi connectivity index (χ1n) is 6.60. The second-order valence-corrected chi connectivity index (χ2v) is 4.78. The Morgan fingerprint density at radius 1 is 1.35 bits per heavy atom. The number of aliphatic carboxylic acids is 1. The predicted octanol–water partition coefficient (Wildman–Crippen LogP) is -0.288. The third kappa shape index (κ3) is 4.23. The summed E-state index contributed by atoms with van der Waals surface area (Å²) in [6.45, 7) is 2.95. The molecule has 1 aromatic heterocycles. The van der Waals surface area contributed by atoms with Crippen molar-refractivity contribution in [2.75, 3.05) is 32.7 Å². The third-order valence-corrected chi connectivity index (χ3v) is 3.23. The summed E-state index contributed by atoms with van der Waals surface area (Å²) in [6.07, 6.45) is 4.18. The molecule has 1 fully saturated rings. The Balaban J connectivity index is 1.77. The van der Waals surface area contributed by atoms with Gasteiger partial charge in [-0.3, -0.25) is 14.8 Å². The molecule has 1 saturated heterocycles. The Bertz CT molecular complexity index is 448.